The number of amides is 2. The van der Waals surface area contributed by atoms with Gasteiger partial charge in [-0.3, -0.25) is 14.5 Å². The van der Waals surface area contributed by atoms with Crippen LogP contribution in [-0.4, -0.2) is 40.8 Å². The number of hydrogen-bond donors (Lipinski definition) is 1. The van der Waals surface area contributed by atoms with Crippen LogP contribution in [0.3, 0.4) is 0 Å². The van der Waals surface area contributed by atoms with Crippen molar-refractivity contribution in [2.24, 2.45) is 4.99 Å². The first kappa shape index (κ1) is 20.2. The van der Waals surface area contributed by atoms with E-state index in [0.29, 0.717) is 28.2 Å². The van der Waals surface area contributed by atoms with E-state index in [9.17, 15) is 9.59 Å². The van der Waals surface area contributed by atoms with Gasteiger partial charge in [-0.25, -0.2) is 4.99 Å². The molecule has 146 valence electrons. The van der Waals surface area contributed by atoms with E-state index in [1.807, 2.05) is 31.2 Å². The Labute approximate surface area is 172 Å². The van der Waals surface area contributed by atoms with Gasteiger partial charge in [0.2, 0.25) is 11.8 Å². The van der Waals surface area contributed by atoms with E-state index in [1.54, 1.807) is 31.3 Å². The van der Waals surface area contributed by atoms with Crippen molar-refractivity contribution in [3.63, 3.8) is 0 Å². The van der Waals surface area contributed by atoms with Crippen molar-refractivity contribution in [3.8, 4) is 5.75 Å². The van der Waals surface area contributed by atoms with Crippen molar-refractivity contribution < 1.29 is 14.3 Å². The van der Waals surface area contributed by atoms with Gasteiger partial charge in [0.25, 0.3) is 0 Å². The highest BCUT2D eigenvalue weighted by molar-refractivity contribution is 8.15. The van der Waals surface area contributed by atoms with Gasteiger partial charge in [-0.15, -0.1) is 0 Å². The second-order valence-corrected chi connectivity index (χ2v) is 7.69. The van der Waals surface area contributed by atoms with Crippen molar-refractivity contribution in [1.29, 1.82) is 0 Å². The number of halogens is 1. The van der Waals surface area contributed by atoms with Gasteiger partial charge in [-0.1, -0.05) is 29.4 Å². The highest BCUT2D eigenvalue weighted by atomic mass is 35.5. The van der Waals surface area contributed by atoms with E-state index < -0.39 is 5.25 Å². The molecule has 1 aliphatic heterocycles. The molecule has 0 spiro atoms. The van der Waals surface area contributed by atoms with E-state index >= 15 is 0 Å². The van der Waals surface area contributed by atoms with Crippen LogP contribution in [0.4, 0.5) is 11.4 Å². The Balaban J connectivity index is 1.75. The first-order valence-corrected chi connectivity index (χ1v) is 10.0. The zero-order valence-electron chi connectivity index (χ0n) is 15.5. The van der Waals surface area contributed by atoms with Gasteiger partial charge in [0.1, 0.15) is 11.0 Å². The van der Waals surface area contributed by atoms with Crippen LogP contribution in [0.5, 0.6) is 5.75 Å². The summed E-state index contributed by atoms with van der Waals surface area (Å²) >= 11 is 7.22. The number of nitrogens with one attached hydrogen (secondary N) is 1. The molecule has 2 amide bonds. The molecule has 0 bridgehead atoms. The number of carbonyl (C=O) groups excluding carboxylic acids is 2. The summed E-state index contributed by atoms with van der Waals surface area (Å²) in [5.74, 6) is 0.341. The fraction of sp³-hybridized carbons (Fsp3) is 0.250. The second kappa shape index (κ2) is 9.12. The van der Waals surface area contributed by atoms with Crippen LogP contribution in [0.25, 0.3) is 0 Å². The molecule has 0 aliphatic carbocycles. The SMILES string of the molecule is CCOc1ccc(N=C2S[C@H](C(=O)Nc3cccc(Cl)c3)CC(=O)N2C)cc1. The maximum atomic E-state index is 12.6. The van der Waals surface area contributed by atoms with Crippen molar-refractivity contribution in [1.82, 2.24) is 4.90 Å². The summed E-state index contributed by atoms with van der Waals surface area (Å²) in [6, 6.07) is 14.2. The third kappa shape index (κ3) is 5.05. The molecule has 0 unspecified atom stereocenters. The molecule has 1 fully saturated rings. The lowest BCUT2D eigenvalue weighted by atomic mass is 10.2. The molecule has 1 N–H and O–H groups in total. The molecule has 1 heterocycles. The van der Waals surface area contributed by atoms with Crippen molar-refractivity contribution in [2.45, 2.75) is 18.6 Å². The van der Waals surface area contributed by atoms with Crippen LogP contribution in [0, 0.1) is 0 Å². The van der Waals surface area contributed by atoms with Crippen LogP contribution in [0.2, 0.25) is 5.02 Å². The molecule has 1 aliphatic rings. The number of benzene rings is 2. The number of nitrogens with zero attached hydrogens (tertiary/aromatic N) is 2. The maximum Gasteiger partial charge on any atom is 0.238 e. The first-order valence-electron chi connectivity index (χ1n) is 8.77. The summed E-state index contributed by atoms with van der Waals surface area (Å²) in [5, 5.41) is 3.25. The van der Waals surface area contributed by atoms with Crippen LogP contribution in [-0.2, 0) is 9.59 Å². The summed E-state index contributed by atoms with van der Waals surface area (Å²) in [7, 11) is 1.66. The zero-order valence-corrected chi connectivity index (χ0v) is 17.1. The molecule has 0 aromatic heterocycles. The normalized spacial score (nSPS) is 18.2. The van der Waals surface area contributed by atoms with Crippen molar-refractivity contribution in [2.75, 3.05) is 19.0 Å². The Kier molecular flexibility index (Phi) is 6.59. The molecule has 0 saturated carbocycles. The Morgan fingerprint density at radius 3 is 2.75 bits per heavy atom. The first-order chi connectivity index (χ1) is 13.5. The van der Waals surface area contributed by atoms with E-state index in [4.69, 9.17) is 16.3 Å². The van der Waals surface area contributed by atoms with Gasteiger partial charge >= 0.3 is 0 Å². The number of aliphatic imine (C=N–C) groups is 1. The Bertz CT molecular complexity index is 902. The van der Waals surface area contributed by atoms with Crippen LogP contribution >= 0.6 is 23.4 Å². The van der Waals surface area contributed by atoms with Crippen LogP contribution in [0.15, 0.2) is 53.5 Å². The van der Waals surface area contributed by atoms with Crippen LogP contribution < -0.4 is 10.1 Å². The molecule has 0 radical (unpaired) electrons. The molecular weight excluding hydrogens is 398 g/mol. The lowest BCUT2D eigenvalue weighted by Gasteiger charge is -2.28. The minimum atomic E-state index is -0.566. The monoisotopic (exact) mass is 417 g/mol. The lowest BCUT2D eigenvalue weighted by molar-refractivity contribution is -0.128. The average molecular weight is 418 g/mol. The standard InChI is InChI=1S/C20H20ClN3O3S/c1-3-27-16-9-7-14(8-10-16)23-20-24(2)18(25)12-17(28-20)19(26)22-15-6-4-5-13(21)11-15/h4-11,17H,3,12H2,1-2H3,(H,22,26)/t17-/m0/s1. The smallest absolute Gasteiger partial charge is 0.238 e. The van der Waals surface area contributed by atoms with E-state index in [2.05, 4.69) is 10.3 Å². The fourth-order valence-corrected chi connectivity index (χ4v) is 3.84. The van der Waals surface area contributed by atoms with Gasteiger partial charge in [0.05, 0.1) is 12.3 Å². The minimum absolute atomic E-state index is 0.107. The molecule has 6 nitrogen and oxygen atoms in total. The van der Waals surface area contributed by atoms with E-state index in [0.717, 1.165) is 5.75 Å². The lowest BCUT2D eigenvalue weighted by Crippen LogP contribution is -2.43. The van der Waals surface area contributed by atoms with Gasteiger partial charge in [-0.2, -0.15) is 0 Å². The molecule has 2 aromatic rings. The highest BCUT2D eigenvalue weighted by Crippen LogP contribution is 2.29. The zero-order chi connectivity index (χ0) is 20.1. The largest absolute Gasteiger partial charge is 0.494 e. The Hall–Kier alpha value is -2.51. The Morgan fingerprint density at radius 2 is 2.07 bits per heavy atom. The number of ether oxygens (including phenoxy) is 1. The summed E-state index contributed by atoms with van der Waals surface area (Å²) in [5.41, 5.74) is 1.27. The third-order valence-corrected chi connectivity index (χ3v) is 5.50. The number of anilines is 1. The topological polar surface area (TPSA) is 71.0 Å². The molecule has 1 saturated heterocycles. The third-order valence-electron chi connectivity index (χ3n) is 4.03. The van der Waals surface area contributed by atoms with Crippen LogP contribution in [0.1, 0.15) is 13.3 Å². The van der Waals surface area contributed by atoms with Gasteiger partial charge < -0.3 is 10.1 Å². The minimum Gasteiger partial charge on any atom is -0.494 e. The van der Waals surface area contributed by atoms with Crippen molar-refractivity contribution in [3.05, 3.63) is 53.6 Å². The van der Waals surface area contributed by atoms with E-state index in [1.165, 1.54) is 16.7 Å². The summed E-state index contributed by atoms with van der Waals surface area (Å²) < 4.78 is 5.42. The predicted octanol–water partition coefficient (Wildman–Crippen LogP) is 4.33. The number of hydrogen-bond acceptors (Lipinski definition) is 5. The van der Waals surface area contributed by atoms with E-state index in [-0.39, 0.29) is 18.2 Å². The van der Waals surface area contributed by atoms with Gasteiger partial charge in [-0.05, 0) is 49.4 Å². The van der Waals surface area contributed by atoms with Gasteiger partial charge in [0.15, 0.2) is 5.17 Å². The average Bonchev–Trinajstić information content (AvgIpc) is 2.67. The summed E-state index contributed by atoms with van der Waals surface area (Å²) in [6.45, 7) is 2.51. The summed E-state index contributed by atoms with van der Waals surface area (Å²) in [4.78, 5) is 31.0. The highest BCUT2D eigenvalue weighted by Gasteiger charge is 2.34. The summed E-state index contributed by atoms with van der Waals surface area (Å²) in [6.07, 6.45) is 0.107. The Morgan fingerprint density at radius 1 is 1.32 bits per heavy atom. The molecule has 2 aromatic carbocycles. The predicted molar refractivity (Wildman–Crippen MR) is 114 cm³/mol. The number of thioether (sulfide) groups is 1. The molecule has 8 heteroatoms. The van der Waals surface area contributed by atoms with Crippen molar-refractivity contribution >= 4 is 51.7 Å². The maximum absolute atomic E-state index is 12.6. The van der Waals surface area contributed by atoms with Gasteiger partial charge in [0, 0.05) is 24.2 Å². The quantitative estimate of drug-likeness (QED) is 0.786. The molecule has 1 atom stereocenters. The number of carbonyl (C=O) groups is 2. The molecular formula is C20H20ClN3O3S. The molecule has 3 rings (SSSR count). The number of amidine groups is 1. The number of rotatable bonds is 5. The molecule has 28 heavy (non-hydrogen) atoms. The fourth-order valence-electron chi connectivity index (χ4n) is 2.58. The second-order valence-electron chi connectivity index (χ2n) is 6.08.